The number of ether oxygens (including phenoxy) is 1. The van der Waals surface area contributed by atoms with Crippen molar-refractivity contribution in [2.45, 2.75) is 20.5 Å². The number of hydrogen-bond acceptors (Lipinski definition) is 6. The minimum absolute atomic E-state index is 0.0482. The van der Waals surface area contributed by atoms with Gasteiger partial charge in [0, 0.05) is 12.1 Å². The normalized spacial score (nSPS) is 14.7. The van der Waals surface area contributed by atoms with E-state index >= 15 is 0 Å². The number of barbiturate groups is 1. The molecule has 0 unspecified atom stereocenters. The fourth-order valence-corrected chi connectivity index (χ4v) is 3.89. The second-order valence-electron chi connectivity index (χ2n) is 8.15. The largest absolute Gasteiger partial charge is 0.487 e. The number of aryl methyl sites for hydroxylation is 2. The smallest absolute Gasteiger partial charge is 0.335 e. The van der Waals surface area contributed by atoms with Gasteiger partial charge in [0.2, 0.25) is 0 Å². The van der Waals surface area contributed by atoms with Crippen LogP contribution in [0.3, 0.4) is 0 Å². The van der Waals surface area contributed by atoms with Crippen molar-refractivity contribution in [3.63, 3.8) is 0 Å². The molecule has 36 heavy (non-hydrogen) atoms. The molecule has 182 valence electrons. The Hall–Kier alpha value is -4.50. The van der Waals surface area contributed by atoms with E-state index in [1.54, 1.807) is 43.3 Å². The highest BCUT2D eigenvalue weighted by Gasteiger charge is 2.37. The SMILES string of the molecule is Cc1ccc(C)c(N2C(=O)NC(=O)/C(=C\c3ccc(OCc4cccc([N+](=O)[O-])c4)c(Cl)c3)C2=O)c1. The van der Waals surface area contributed by atoms with Gasteiger partial charge in [0.1, 0.15) is 17.9 Å². The molecule has 10 heteroatoms. The van der Waals surface area contributed by atoms with E-state index in [1.165, 1.54) is 24.3 Å². The summed E-state index contributed by atoms with van der Waals surface area (Å²) in [5.74, 6) is -1.25. The standard InChI is InChI=1S/C26H20ClN3O6/c1-15-6-7-16(2)22(10-15)29-25(32)20(24(31)28-26(29)33)12-17-8-9-23(21(27)13-17)36-14-18-4-3-5-19(11-18)30(34)35/h3-13H,14H2,1-2H3,(H,28,31,33)/b20-12+. The number of nitro groups is 1. The van der Waals surface area contributed by atoms with Crippen molar-refractivity contribution in [2.75, 3.05) is 4.90 Å². The molecule has 4 rings (SSSR count). The van der Waals surface area contributed by atoms with E-state index in [1.807, 2.05) is 13.0 Å². The summed E-state index contributed by atoms with van der Waals surface area (Å²) in [5.41, 5.74) is 2.70. The Labute approximate surface area is 211 Å². The number of nitro benzene ring substituents is 1. The summed E-state index contributed by atoms with van der Waals surface area (Å²) >= 11 is 6.34. The van der Waals surface area contributed by atoms with Gasteiger partial charge in [0.25, 0.3) is 17.5 Å². The molecule has 3 aromatic carbocycles. The number of anilines is 1. The van der Waals surface area contributed by atoms with Crippen molar-refractivity contribution in [1.29, 1.82) is 0 Å². The third-order valence-electron chi connectivity index (χ3n) is 5.49. The van der Waals surface area contributed by atoms with Crippen LogP contribution in [-0.4, -0.2) is 22.8 Å². The van der Waals surface area contributed by atoms with E-state index in [4.69, 9.17) is 16.3 Å². The predicted octanol–water partition coefficient (Wildman–Crippen LogP) is 5.11. The van der Waals surface area contributed by atoms with Crippen LogP contribution in [0.25, 0.3) is 6.08 Å². The third-order valence-corrected chi connectivity index (χ3v) is 5.79. The first-order valence-electron chi connectivity index (χ1n) is 10.8. The zero-order valence-corrected chi connectivity index (χ0v) is 20.0. The summed E-state index contributed by atoms with van der Waals surface area (Å²) in [5, 5.41) is 13.4. The van der Waals surface area contributed by atoms with Crippen LogP contribution in [0, 0.1) is 24.0 Å². The second-order valence-corrected chi connectivity index (χ2v) is 8.56. The minimum Gasteiger partial charge on any atom is -0.487 e. The Morgan fingerprint density at radius 1 is 1.06 bits per heavy atom. The molecule has 1 aliphatic heterocycles. The molecule has 9 nitrogen and oxygen atoms in total. The number of benzene rings is 3. The fraction of sp³-hybridized carbons (Fsp3) is 0.115. The number of nitrogens with zero attached hydrogens (tertiary/aromatic N) is 2. The van der Waals surface area contributed by atoms with E-state index in [-0.39, 0.29) is 22.9 Å². The summed E-state index contributed by atoms with van der Waals surface area (Å²) in [6.45, 7) is 3.65. The summed E-state index contributed by atoms with van der Waals surface area (Å²) in [4.78, 5) is 49.5. The van der Waals surface area contributed by atoms with E-state index in [0.717, 1.165) is 10.5 Å². The third kappa shape index (κ3) is 5.11. The average Bonchev–Trinajstić information content (AvgIpc) is 2.83. The zero-order valence-electron chi connectivity index (χ0n) is 19.3. The van der Waals surface area contributed by atoms with Gasteiger partial charge in [-0.15, -0.1) is 0 Å². The number of carbonyl (C=O) groups excluding carboxylic acids is 3. The van der Waals surface area contributed by atoms with Gasteiger partial charge in [0.15, 0.2) is 0 Å². The maximum absolute atomic E-state index is 13.2. The maximum Gasteiger partial charge on any atom is 0.335 e. The van der Waals surface area contributed by atoms with Gasteiger partial charge in [0.05, 0.1) is 15.6 Å². The number of imide groups is 2. The van der Waals surface area contributed by atoms with Crippen molar-refractivity contribution < 1.29 is 24.0 Å². The molecule has 0 aromatic heterocycles. The van der Waals surface area contributed by atoms with Crippen LogP contribution in [0.1, 0.15) is 22.3 Å². The second kappa shape index (κ2) is 10.0. The zero-order chi connectivity index (χ0) is 26.0. The lowest BCUT2D eigenvalue weighted by atomic mass is 10.0. The van der Waals surface area contributed by atoms with Crippen molar-refractivity contribution in [3.05, 3.63) is 104 Å². The molecule has 0 bridgehead atoms. The topological polar surface area (TPSA) is 119 Å². The summed E-state index contributed by atoms with van der Waals surface area (Å²) in [7, 11) is 0. The number of hydrogen-bond donors (Lipinski definition) is 1. The first kappa shape index (κ1) is 24.6. The Kier molecular flexibility index (Phi) is 6.84. The van der Waals surface area contributed by atoms with E-state index < -0.39 is 22.8 Å². The number of nitrogens with one attached hydrogen (secondary N) is 1. The molecule has 0 atom stereocenters. The highest BCUT2D eigenvalue weighted by atomic mass is 35.5. The number of carbonyl (C=O) groups is 3. The maximum atomic E-state index is 13.2. The molecule has 0 spiro atoms. The van der Waals surface area contributed by atoms with Gasteiger partial charge in [-0.25, -0.2) is 9.69 Å². The summed E-state index contributed by atoms with van der Waals surface area (Å²) in [6, 6.07) is 15.2. The lowest BCUT2D eigenvalue weighted by Gasteiger charge is -2.27. The van der Waals surface area contributed by atoms with Crippen molar-refractivity contribution in [3.8, 4) is 5.75 Å². The van der Waals surface area contributed by atoms with Crippen molar-refractivity contribution in [2.24, 2.45) is 0 Å². The van der Waals surface area contributed by atoms with Gasteiger partial charge >= 0.3 is 6.03 Å². The molecular weight excluding hydrogens is 486 g/mol. The fourth-order valence-electron chi connectivity index (χ4n) is 3.65. The minimum atomic E-state index is -0.821. The van der Waals surface area contributed by atoms with Gasteiger partial charge in [-0.05, 0) is 60.4 Å². The molecule has 4 amide bonds. The van der Waals surface area contributed by atoms with E-state index in [0.29, 0.717) is 28.1 Å². The molecule has 1 N–H and O–H groups in total. The first-order chi connectivity index (χ1) is 17.1. The van der Waals surface area contributed by atoms with Crippen LogP contribution < -0.4 is 15.0 Å². The molecule has 1 saturated heterocycles. The van der Waals surface area contributed by atoms with Gasteiger partial charge in [-0.2, -0.15) is 0 Å². The molecule has 1 fully saturated rings. The Morgan fingerprint density at radius 3 is 2.56 bits per heavy atom. The van der Waals surface area contributed by atoms with Gasteiger partial charge in [-0.3, -0.25) is 25.0 Å². The molecule has 0 saturated carbocycles. The predicted molar refractivity (Wildman–Crippen MR) is 134 cm³/mol. The quantitative estimate of drug-likeness (QED) is 0.215. The van der Waals surface area contributed by atoms with Crippen molar-refractivity contribution >= 4 is 46.9 Å². The van der Waals surface area contributed by atoms with Crippen LogP contribution in [0.15, 0.2) is 66.2 Å². The van der Waals surface area contributed by atoms with Crippen LogP contribution in [0.4, 0.5) is 16.2 Å². The van der Waals surface area contributed by atoms with Crippen LogP contribution >= 0.6 is 11.6 Å². The molecule has 1 aliphatic rings. The highest BCUT2D eigenvalue weighted by molar-refractivity contribution is 6.39. The number of urea groups is 1. The van der Waals surface area contributed by atoms with Crippen LogP contribution in [0.5, 0.6) is 5.75 Å². The summed E-state index contributed by atoms with van der Waals surface area (Å²) in [6.07, 6.45) is 1.35. The number of rotatable bonds is 6. The van der Waals surface area contributed by atoms with Gasteiger partial charge in [-0.1, -0.05) is 41.9 Å². The highest BCUT2D eigenvalue weighted by Crippen LogP contribution is 2.30. The number of non-ortho nitro benzene ring substituents is 1. The Morgan fingerprint density at radius 2 is 1.83 bits per heavy atom. The molecule has 1 heterocycles. The van der Waals surface area contributed by atoms with E-state index in [2.05, 4.69) is 5.32 Å². The molecule has 0 radical (unpaired) electrons. The lowest BCUT2D eigenvalue weighted by Crippen LogP contribution is -2.54. The molecule has 3 aromatic rings. The monoisotopic (exact) mass is 505 g/mol. The van der Waals surface area contributed by atoms with Gasteiger partial charge < -0.3 is 4.74 Å². The molecular formula is C26H20ClN3O6. The number of halogens is 1. The lowest BCUT2D eigenvalue weighted by molar-refractivity contribution is -0.384. The van der Waals surface area contributed by atoms with Crippen LogP contribution in [-0.2, 0) is 16.2 Å². The average molecular weight is 506 g/mol. The van der Waals surface area contributed by atoms with Crippen LogP contribution in [0.2, 0.25) is 5.02 Å². The van der Waals surface area contributed by atoms with E-state index in [9.17, 15) is 24.5 Å². The summed E-state index contributed by atoms with van der Waals surface area (Å²) < 4.78 is 5.68. The Bertz CT molecular complexity index is 1450. The number of amides is 4. The van der Waals surface area contributed by atoms with Crippen molar-refractivity contribution in [1.82, 2.24) is 5.32 Å². The first-order valence-corrected chi connectivity index (χ1v) is 11.2. The Balaban J connectivity index is 1.57. The molecule has 0 aliphatic carbocycles.